The minimum atomic E-state index is -5.86. The zero-order valence-electron chi connectivity index (χ0n) is 21.6. The molecule has 1 aromatic carbocycles. The summed E-state index contributed by atoms with van der Waals surface area (Å²) in [5.41, 5.74) is -5.00. The Morgan fingerprint density at radius 2 is 1.63 bits per heavy atom. The molecule has 3 saturated carbocycles. The molecule has 1 amide bonds. The van der Waals surface area contributed by atoms with Gasteiger partial charge in [-0.25, -0.2) is 0 Å². The van der Waals surface area contributed by atoms with Gasteiger partial charge in [0.15, 0.2) is 0 Å². The molecule has 4 aliphatic rings. The minimum Gasteiger partial charge on any atom is -0.392 e. The van der Waals surface area contributed by atoms with Crippen LogP contribution < -0.4 is 5.32 Å². The Labute approximate surface area is 219 Å². The number of rotatable bonds is 3. The van der Waals surface area contributed by atoms with Gasteiger partial charge in [-0.2, -0.15) is 26.3 Å². The lowest BCUT2D eigenvalue weighted by Crippen LogP contribution is -2.66. The van der Waals surface area contributed by atoms with Crippen LogP contribution >= 0.6 is 0 Å². The maximum atomic E-state index is 14.3. The Bertz CT molecular complexity index is 1080. The van der Waals surface area contributed by atoms with Gasteiger partial charge in [0.05, 0.1) is 12.0 Å². The van der Waals surface area contributed by atoms with Crippen LogP contribution in [-0.2, 0) is 10.3 Å². The number of halogens is 6. The maximum Gasteiger partial charge on any atom is 0.424 e. The molecule has 9 heteroatoms. The number of aliphatic hydroxyl groups is 1. The molecule has 0 heterocycles. The zero-order valence-corrected chi connectivity index (χ0v) is 21.6. The van der Waals surface area contributed by atoms with Crippen molar-refractivity contribution < 1.29 is 36.2 Å². The number of hydrogen-bond acceptors (Lipinski definition) is 2. The molecule has 2 unspecified atom stereocenters. The fourth-order valence-electron chi connectivity index (χ4n) is 8.64. The van der Waals surface area contributed by atoms with E-state index < -0.39 is 46.8 Å². The van der Waals surface area contributed by atoms with Crippen molar-refractivity contribution in [2.75, 3.05) is 0 Å². The summed E-state index contributed by atoms with van der Waals surface area (Å²) in [4.78, 5) is 13.4. The molecule has 38 heavy (non-hydrogen) atoms. The summed E-state index contributed by atoms with van der Waals surface area (Å²) in [5.74, 6) is -1.72. The van der Waals surface area contributed by atoms with Gasteiger partial charge in [-0.15, -0.1) is 0 Å². The van der Waals surface area contributed by atoms with Crippen LogP contribution in [-0.4, -0.2) is 29.5 Å². The number of allylic oxidation sites excluding steroid dienone is 1. The molecule has 0 aliphatic heterocycles. The Hall–Kier alpha value is -2.03. The van der Waals surface area contributed by atoms with E-state index in [2.05, 4.69) is 13.0 Å². The molecule has 0 spiro atoms. The Morgan fingerprint density at radius 3 is 2.26 bits per heavy atom. The van der Waals surface area contributed by atoms with Crippen molar-refractivity contribution in [3.05, 3.63) is 47.5 Å². The Balaban J connectivity index is 1.48. The van der Waals surface area contributed by atoms with Gasteiger partial charge >= 0.3 is 12.4 Å². The molecule has 0 saturated heterocycles. The normalized spacial score (nSPS) is 37.5. The number of amides is 1. The van der Waals surface area contributed by atoms with E-state index in [9.17, 15) is 36.2 Å². The first-order valence-electron chi connectivity index (χ1n) is 13.5. The van der Waals surface area contributed by atoms with Crippen molar-refractivity contribution in [2.24, 2.45) is 34.5 Å². The molecule has 0 bridgehead atoms. The van der Waals surface area contributed by atoms with E-state index >= 15 is 0 Å². The second kappa shape index (κ2) is 9.00. The van der Waals surface area contributed by atoms with Gasteiger partial charge in [0, 0.05) is 0 Å². The van der Waals surface area contributed by atoms with Crippen LogP contribution in [0.3, 0.4) is 0 Å². The average Bonchev–Trinajstić information content (AvgIpc) is 3.23. The van der Waals surface area contributed by atoms with E-state index in [1.807, 2.05) is 6.92 Å². The van der Waals surface area contributed by atoms with Gasteiger partial charge in [-0.3, -0.25) is 4.79 Å². The highest BCUT2D eigenvalue weighted by Crippen LogP contribution is 2.65. The van der Waals surface area contributed by atoms with Gasteiger partial charge in [0.25, 0.3) is 5.54 Å². The predicted octanol–water partition coefficient (Wildman–Crippen LogP) is 7.06. The highest BCUT2D eigenvalue weighted by molar-refractivity contribution is 5.81. The summed E-state index contributed by atoms with van der Waals surface area (Å²) in [6.07, 6.45) is -4.57. The molecular weight excluding hydrogens is 508 g/mol. The first-order chi connectivity index (χ1) is 17.6. The van der Waals surface area contributed by atoms with Crippen LogP contribution in [0.1, 0.15) is 70.8 Å². The molecule has 4 aliphatic carbocycles. The smallest absolute Gasteiger partial charge is 0.392 e. The fraction of sp³-hybridized carbons (Fsp3) is 0.690. The van der Waals surface area contributed by atoms with Crippen molar-refractivity contribution in [3.8, 4) is 0 Å². The molecule has 5 rings (SSSR count). The molecule has 210 valence electrons. The number of carbonyl (C=O) groups is 1. The molecule has 3 nitrogen and oxygen atoms in total. The Morgan fingerprint density at radius 1 is 0.974 bits per heavy atom. The van der Waals surface area contributed by atoms with Crippen molar-refractivity contribution in [1.29, 1.82) is 0 Å². The number of alkyl halides is 6. The lowest BCUT2D eigenvalue weighted by Gasteiger charge is -2.58. The first-order valence-corrected chi connectivity index (χ1v) is 13.5. The van der Waals surface area contributed by atoms with E-state index in [4.69, 9.17) is 0 Å². The SMILES string of the molecule is C[C@@]12CCC[C@H]1[C@@H]1CC=C3CC(O)C(C(=O)NC(c4ccccc4)(C(F)(F)F)C(F)(F)F)C[C@]3(C)[C@@H]1CC2. The third-order valence-electron chi connectivity index (χ3n) is 10.6. The number of fused-ring (bicyclic) bond motifs is 5. The van der Waals surface area contributed by atoms with Crippen LogP contribution in [0.5, 0.6) is 0 Å². The summed E-state index contributed by atoms with van der Waals surface area (Å²) < 4.78 is 85.8. The monoisotopic (exact) mass is 543 g/mol. The summed E-state index contributed by atoms with van der Waals surface area (Å²) in [6, 6.07) is 4.88. The predicted molar refractivity (Wildman–Crippen MR) is 130 cm³/mol. The third-order valence-corrected chi connectivity index (χ3v) is 10.6. The van der Waals surface area contributed by atoms with Crippen LogP contribution in [0.2, 0.25) is 0 Å². The summed E-state index contributed by atoms with van der Waals surface area (Å²) in [7, 11) is 0. The number of nitrogens with one attached hydrogen (secondary N) is 1. The molecule has 7 atom stereocenters. The second-order valence-electron chi connectivity index (χ2n) is 12.5. The topological polar surface area (TPSA) is 49.3 Å². The highest BCUT2D eigenvalue weighted by Gasteiger charge is 2.73. The van der Waals surface area contributed by atoms with Crippen LogP contribution in [0.15, 0.2) is 42.0 Å². The molecule has 0 aromatic heterocycles. The van der Waals surface area contributed by atoms with E-state index in [0.717, 1.165) is 49.8 Å². The molecule has 3 fully saturated rings. The quantitative estimate of drug-likeness (QED) is 0.317. The van der Waals surface area contributed by atoms with E-state index in [1.54, 1.807) is 0 Å². The van der Waals surface area contributed by atoms with Crippen LogP contribution in [0.4, 0.5) is 26.3 Å². The van der Waals surface area contributed by atoms with Crippen molar-refractivity contribution >= 4 is 5.91 Å². The van der Waals surface area contributed by atoms with Crippen molar-refractivity contribution in [1.82, 2.24) is 5.32 Å². The Kier molecular flexibility index (Phi) is 6.52. The number of aliphatic hydroxyl groups excluding tert-OH is 1. The van der Waals surface area contributed by atoms with Gasteiger partial charge in [0.2, 0.25) is 5.91 Å². The molecular formula is C29H35F6NO2. The standard InChI is InChI=1S/C29H35F6NO2/c1-25-13-6-9-21(25)19-11-10-18-15-23(37)20(16-26(18,2)22(19)12-14-25)24(38)36-27(28(30,31)32,29(33,34)35)17-7-4-3-5-8-17/h3-5,7-8,10,19-23,37H,6,9,11-16H2,1-2H3,(H,36,38)/t19-,20?,21-,22+,23?,25-,26-/m0/s1. The second-order valence-corrected chi connectivity index (χ2v) is 12.5. The molecule has 0 radical (unpaired) electrons. The van der Waals surface area contributed by atoms with E-state index in [0.29, 0.717) is 24.0 Å². The van der Waals surface area contributed by atoms with Crippen molar-refractivity contribution in [3.63, 3.8) is 0 Å². The summed E-state index contributed by atoms with van der Waals surface area (Å²) in [6.45, 7) is 4.33. The first kappa shape index (κ1) is 27.5. The van der Waals surface area contributed by atoms with Crippen LogP contribution in [0.25, 0.3) is 0 Å². The molecule has 2 N–H and O–H groups in total. The lowest BCUT2D eigenvalue weighted by atomic mass is 9.47. The van der Waals surface area contributed by atoms with Gasteiger partial charge in [-0.05, 0) is 79.1 Å². The zero-order chi connectivity index (χ0) is 27.7. The molecule has 1 aromatic rings. The van der Waals surface area contributed by atoms with Gasteiger partial charge < -0.3 is 10.4 Å². The fourth-order valence-corrected chi connectivity index (χ4v) is 8.64. The summed E-state index contributed by atoms with van der Waals surface area (Å²) >= 11 is 0. The van der Waals surface area contributed by atoms with Gasteiger partial charge in [-0.1, -0.05) is 62.2 Å². The lowest BCUT2D eigenvalue weighted by molar-refractivity contribution is -0.312. The van der Waals surface area contributed by atoms with Gasteiger partial charge in [0.1, 0.15) is 0 Å². The maximum absolute atomic E-state index is 14.3. The summed E-state index contributed by atoms with van der Waals surface area (Å²) in [5, 5.41) is 12.3. The van der Waals surface area contributed by atoms with Crippen LogP contribution in [0, 0.1) is 34.5 Å². The van der Waals surface area contributed by atoms with E-state index in [-0.39, 0.29) is 24.2 Å². The third kappa shape index (κ3) is 4.01. The number of carbonyl (C=O) groups excluding carboxylic acids is 1. The largest absolute Gasteiger partial charge is 0.424 e. The average molecular weight is 544 g/mol. The van der Waals surface area contributed by atoms with Crippen molar-refractivity contribution in [2.45, 2.75) is 89.2 Å². The highest BCUT2D eigenvalue weighted by atomic mass is 19.4. The minimum absolute atomic E-state index is 0.0248. The number of benzene rings is 1. The number of hydrogen-bond donors (Lipinski definition) is 2. The van der Waals surface area contributed by atoms with E-state index in [1.165, 1.54) is 17.8 Å².